The van der Waals surface area contributed by atoms with Gasteiger partial charge >= 0.3 is 5.97 Å². The van der Waals surface area contributed by atoms with Crippen LogP contribution in [0.2, 0.25) is 0 Å². The Labute approximate surface area is 114 Å². The van der Waals surface area contributed by atoms with Gasteiger partial charge in [0.2, 0.25) is 0 Å². The van der Waals surface area contributed by atoms with E-state index in [4.69, 9.17) is 15.2 Å². The topological polar surface area (TPSA) is 61.5 Å². The number of hydrogen-bond donors (Lipinski definition) is 1. The smallest absolute Gasteiger partial charge is 0.327 e. The standard InChI is InChI=1S/C13H19NO3.ClH/c1-3-9-17-11-7-5-10(6-8-11)12(14)13(15)16-4-2;/h5-8,12H,3-4,9,14H2,1-2H3;1H. The van der Waals surface area contributed by atoms with Gasteiger partial charge in [-0.05, 0) is 31.0 Å². The van der Waals surface area contributed by atoms with Gasteiger partial charge in [-0.25, -0.2) is 4.79 Å². The molecule has 0 aliphatic rings. The summed E-state index contributed by atoms with van der Waals surface area (Å²) in [7, 11) is 0. The molecular formula is C13H20ClNO3. The molecular weight excluding hydrogens is 254 g/mol. The van der Waals surface area contributed by atoms with Gasteiger partial charge < -0.3 is 15.2 Å². The summed E-state index contributed by atoms with van der Waals surface area (Å²) >= 11 is 0. The molecule has 0 heterocycles. The molecule has 0 aliphatic heterocycles. The maximum atomic E-state index is 11.4. The highest BCUT2D eigenvalue weighted by Gasteiger charge is 2.16. The first-order valence-corrected chi connectivity index (χ1v) is 5.84. The number of esters is 1. The Morgan fingerprint density at radius 1 is 1.28 bits per heavy atom. The van der Waals surface area contributed by atoms with Crippen LogP contribution >= 0.6 is 12.4 Å². The Bertz CT molecular complexity index is 354. The van der Waals surface area contributed by atoms with Crippen LogP contribution in [-0.4, -0.2) is 19.2 Å². The van der Waals surface area contributed by atoms with E-state index in [2.05, 4.69) is 0 Å². The van der Waals surface area contributed by atoms with Crippen molar-refractivity contribution in [2.24, 2.45) is 5.73 Å². The largest absolute Gasteiger partial charge is 0.494 e. The molecule has 0 amide bonds. The summed E-state index contributed by atoms with van der Waals surface area (Å²) in [4.78, 5) is 11.4. The monoisotopic (exact) mass is 273 g/mol. The number of halogens is 1. The predicted octanol–water partition coefficient (Wildman–Crippen LogP) is 2.46. The summed E-state index contributed by atoms with van der Waals surface area (Å²) in [6, 6.07) is 6.46. The van der Waals surface area contributed by atoms with Crippen molar-refractivity contribution in [3.05, 3.63) is 29.8 Å². The minimum absolute atomic E-state index is 0. The van der Waals surface area contributed by atoms with E-state index in [0.29, 0.717) is 13.2 Å². The van der Waals surface area contributed by atoms with Crippen molar-refractivity contribution in [2.45, 2.75) is 26.3 Å². The van der Waals surface area contributed by atoms with Crippen LogP contribution in [0.1, 0.15) is 31.9 Å². The van der Waals surface area contributed by atoms with Gasteiger partial charge in [-0.3, -0.25) is 0 Å². The van der Waals surface area contributed by atoms with E-state index in [-0.39, 0.29) is 12.4 Å². The predicted molar refractivity (Wildman–Crippen MR) is 73.0 cm³/mol. The molecule has 0 spiro atoms. The van der Waals surface area contributed by atoms with E-state index < -0.39 is 12.0 Å². The molecule has 1 aromatic rings. The van der Waals surface area contributed by atoms with E-state index in [1.807, 2.05) is 19.1 Å². The molecule has 0 aromatic heterocycles. The lowest BCUT2D eigenvalue weighted by molar-refractivity contribution is -0.144. The van der Waals surface area contributed by atoms with Gasteiger partial charge in [0.05, 0.1) is 13.2 Å². The van der Waals surface area contributed by atoms with Gasteiger partial charge in [0.1, 0.15) is 11.8 Å². The number of hydrogen-bond acceptors (Lipinski definition) is 4. The zero-order valence-corrected chi connectivity index (χ0v) is 11.5. The number of ether oxygens (including phenoxy) is 2. The van der Waals surface area contributed by atoms with Crippen LogP contribution in [0.4, 0.5) is 0 Å². The van der Waals surface area contributed by atoms with Gasteiger partial charge in [0.25, 0.3) is 0 Å². The highest BCUT2D eigenvalue weighted by atomic mass is 35.5. The van der Waals surface area contributed by atoms with Crippen molar-refractivity contribution >= 4 is 18.4 Å². The highest BCUT2D eigenvalue weighted by Crippen LogP contribution is 2.17. The van der Waals surface area contributed by atoms with E-state index in [0.717, 1.165) is 17.7 Å². The van der Waals surface area contributed by atoms with Crippen LogP contribution < -0.4 is 10.5 Å². The summed E-state index contributed by atoms with van der Waals surface area (Å²) in [5, 5.41) is 0. The number of carbonyl (C=O) groups is 1. The van der Waals surface area contributed by atoms with Crippen LogP contribution in [0, 0.1) is 0 Å². The summed E-state index contributed by atoms with van der Waals surface area (Å²) in [5.41, 5.74) is 6.49. The first-order chi connectivity index (χ1) is 8.19. The second-order valence-corrected chi connectivity index (χ2v) is 3.65. The molecule has 2 N–H and O–H groups in total. The molecule has 0 radical (unpaired) electrons. The van der Waals surface area contributed by atoms with E-state index in [1.165, 1.54) is 0 Å². The zero-order chi connectivity index (χ0) is 12.7. The van der Waals surface area contributed by atoms with Gasteiger partial charge in [-0.15, -0.1) is 12.4 Å². The summed E-state index contributed by atoms with van der Waals surface area (Å²) in [6.45, 7) is 4.82. The Morgan fingerprint density at radius 3 is 2.39 bits per heavy atom. The third kappa shape index (κ3) is 4.94. The van der Waals surface area contributed by atoms with Gasteiger partial charge in [-0.2, -0.15) is 0 Å². The second-order valence-electron chi connectivity index (χ2n) is 3.65. The Hall–Kier alpha value is -1.26. The molecule has 1 aromatic carbocycles. The lowest BCUT2D eigenvalue weighted by Crippen LogP contribution is -2.23. The second kappa shape index (κ2) is 8.78. The van der Waals surface area contributed by atoms with Crippen LogP contribution in [0.3, 0.4) is 0 Å². The molecule has 5 heteroatoms. The van der Waals surface area contributed by atoms with Crippen molar-refractivity contribution in [2.75, 3.05) is 13.2 Å². The molecule has 0 saturated heterocycles. The van der Waals surface area contributed by atoms with E-state index >= 15 is 0 Å². The third-order valence-corrected chi connectivity index (χ3v) is 2.25. The van der Waals surface area contributed by atoms with Crippen molar-refractivity contribution < 1.29 is 14.3 Å². The van der Waals surface area contributed by atoms with E-state index in [1.54, 1.807) is 19.1 Å². The van der Waals surface area contributed by atoms with Crippen LogP contribution in [-0.2, 0) is 9.53 Å². The summed E-state index contributed by atoms with van der Waals surface area (Å²) in [5.74, 6) is 0.376. The first kappa shape index (κ1) is 16.7. The zero-order valence-electron chi connectivity index (χ0n) is 10.7. The third-order valence-electron chi connectivity index (χ3n) is 2.25. The molecule has 0 fully saturated rings. The lowest BCUT2D eigenvalue weighted by Gasteiger charge is -2.11. The number of benzene rings is 1. The maximum Gasteiger partial charge on any atom is 0.327 e. The van der Waals surface area contributed by atoms with Crippen LogP contribution in [0.15, 0.2) is 24.3 Å². The summed E-state index contributed by atoms with van der Waals surface area (Å²) < 4.78 is 10.3. The highest BCUT2D eigenvalue weighted by molar-refractivity contribution is 5.85. The quantitative estimate of drug-likeness (QED) is 0.809. The number of rotatable bonds is 6. The number of nitrogens with two attached hydrogens (primary N) is 1. The average Bonchev–Trinajstić information content (AvgIpc) is 2.36. The molecule has 1 unspecified atom stereocenters. The van der Waals surface area contributed by atoms with E-state index in [9.17, 15) is 4.79 Å². The minimum atomic E-state index is -0.727. The Kier molecular flexibility index (Phi) is 8.16. The molecule has 18 heavy (non-hydrogen) atoms. The van der Waals surface area contributed by atoms with Gasteiger partial charge in [0, 0.05) is 0 Å². The fraction of sp³-hybridized carbons (Fsp3) is 0.462. The Morgan fingerprint density at radius 2 is 1.89 bits per heavy atom. The molecule has 4 nitrogen and oxygen atoms in total. The average molecular weight is 274 g/mol. The molecule has 1 rings (SSSR count). The molecule has 1 atom stereocenters. The van der Waals surface area contributed by atoms with Gasteiger partial charge in [-0.1, -0.05) is 19.1 Å². The van der Waals surface area contributed by atoms with Crippen LogP contribution in [0.25, 0.3) is 0 Å². The van der Waals surface area contributed by atoms with Crippen molar-refractivity contribution in [3.8, 4) is 5.75 Å². The Balaban J connectivity index is 0.00000289. The summed E-state index contributed by atoms with van der Waals surface area (Å²) in [6.07, 6.45) is 0.962. The maximum absolute atomic E-state index is 11.4. The molecule has 0 saturated carbocycles. The van der Waals surface area contributed by atoms with Gasteiger partial charge in [0.15, 0.2) is 0 Å². The molecule has 0 bridgehead atoms. The normalized spacial score (nSPS) is 11.3. The SMILES string of the molecule is CCCOc1ccc(C(N)C(=O)OCC)cc1.Cl. The first-order valence-electron chi connectivity index (χ1n) is 5.84. The lowest BCUT2D eigenvalue weighted by atomic mass is 10.1. The van der Waals surface area contributed by atoms with Crippen molar-refractivity contribution in [1.29, 1.82) is 0 Å². The fourth-order valence-electron chi connectivity index (χ4n) is 1.36. The van der Waals surface area contributed by atoms with Crippen molar-refractivity contribution in [3.63, 3.8) is 0 Å². The fourth-order valence-corrected chi connectivity index (χ4v) is 1.36. The number of carbonyl (C=O) groups excluding carboxylic acids is 1. The molecule has 102 valence electrons. The molecule has 0 aliphatic carbocycles. The van der Waals surface area contributed by atoms with Crippen LogP contribution in [0.5, 0.6) is 5.75 Å². The minimum Gasteiger partial charge on any atom is -0.494 e. The van der Waals surface area contributed by atoms with Crippen molar-refractivity contribution in [1.82, 2.24) is 0 Å².